The SMILES string of the molecule is O=C1CCC(N2C(=O)c3cccc(CN4CCNCC4CF)c3C2=O)C(=O)N1. The Morgan fingerprint density at radius 3 is 2.71 bits per heavy atom. The lowest BCUT2D eigenvalue weighted by atomic mass is 10.0. The van der Waals surface area contributed by atoms with Gasteiger partial charge in [-0.3, -0.25) is 34.3 Å². The van der Waals surface area contributed by atoms with Crippen LogP contribution in [0.15, 0.2) is 18.2 Å². The minimum Gasteiger partial charge on any atom is -0.314 e. The second-order valence-corrected chi connectivity index (χ2v) is 7.27. The Labute approximate surface area is 161 Å². The zero-order chi connectivity index (χ0) is 19.8. The molecule has 0 aliphatic carbocycles. The van der Waals surface area contributed by atoms with Crippen LogP contribution in [0, 0.1) is 0 Å². The van der Waals surface area contributed by atoms with Gasteiger partial charge in [0.15, 0.2) is 0 Å². The minimum atomic E-state index is -0.990. The fourth-order valence-electron chi connectivity index (χ4n) is 4.10. The molecule has 3 aliphatic heterocycles. The number of carbonyl (C=O) groups is 4. The molecule has 0 radical (unpaired) electrons. The molecule has 8 nitrogen and oxygen atoms in total. The van der Waals surface area contributed by atoms with Crippen molar-refractivity contribution in [3.05, 3.63) is 34.9 Å². The van der Waals surface area contributed by atoms with Gasteiger partial charge in [0, 0.05) is 32.6 Å². The lowest BCUT2D eigenvalue weighted by molar-refractivity contribution is -0.136. The van der Waals surface area contributed by atoms with E-state index in [0.29, 0.717) is 25.2 Å². The number of benzene rings is 1. The summed E-state index contributed by atoms with van der Waals surface area (Å²) in [4.78, 5) is 52.4. The molecule has 0 aromatic heterocycles. The summed E-state index contributed by atoms with van der Waals surface area (Å²) in [6.07, 6.45) is 0.197. The van der Waals surface area contributed by atoms with Gasteiger partial charge in [-0.2, -0.15) is 0 Å². The van der Waals surface area contributed by atoms with Crippen LogP contribution < -0.4 is 10.6 Å². The molecule has 3 heterocycles. The molecule has 1 aromatic carbocycles. The molecule has 4 rings (SSSR count). The zero-order valence-electron chi connectivity index (χ0n) is 15.2. The number of fused-ring (bicyclic) bond motifs is 1. The normalized spacial score (nSPS) is 25.8. The molecular weight excluding hydrogens is 367 g/mol. The number of rotatable bonds is 4. The van der Waals surface area contributed by atoms with E-state index in [1.807, 2.05) is 4.90 Å². The van der Waals surface area contributed by atoms with Gasteiger partial charge in [0.2, 0.25) is 11.8 Å². The number of nitrogens with one attached hydrogen (secondary N) is 2. The Morgan fingerprint density at radius 2 is 1.96 bits per heavy atom. The quantitative estimate of drug-likeness (QED) is 0.695. The first-order chi connectivity index (χ1) is 13.5. The highest BCUT2D eigenvalue weighted by molar-refractivity contribution is 6.24. The number of imide groups is 2. The average molecular weight is 388 g/mol. The first kappa shape index (κ1) is 18.7. The Balaban J connectivity index is 1.63. The molecule has 2 atom stereocenters. The van der Waals surface area contributed by atoms with Gasteiger partial charge in [0.1, 0.15) is 12.7 Å². The number of hydrogen-bond donors (Lipinski definition) is 2. The van der Waals surface area contributed by atoms with Crippen molar-refractivity contribution >= 4 is 23.6 Å². The predicted octanol–water partition coefficient (Wildman–Crippen LogP) is -0.169. The van der Waals surface area contributed by atoms with Crippen molar-refractivity contribution in [3.63, 3.8) is 0 Å². The zero-order valence-corrected chi connectivity index (χ0v) is 15.2. The second-order valence-electron chi connectivity index (χ2n) is 7.27. The molecule has 2 unspecified atom stereocenters. The monoisotopic (exact) mass is 388 g/mol. The third-order valence-corrected chi connectivity index (χ3v) is 5.58. The Morgan fingerprint density at radius 1 is 1.14 bits per heavy atom. The van der Waals surface area contributed by atoms with E-state index in [1.165, 1.54) is 0 Å². The van der Waals surface area contributed by atoms with E-state index in [0.717, 1.165) is 11.4 Å². The van der Waals surface area contributed by atoms with E-state index < -0.39 is 36.3 Å². The summed E-state index contributed by atoms with van der Waals surface area (Å²) in [5.41, 5.74) is 1.17. The number of hydrogen-bond acceptors (Lipinski definition) is 6. The predicted molar refractivity (Wildman–Crippen MR) is 96.2 cm³/mol. The highest BCUT2D eigenvalue weighted by Gasteiger charge is 2.45. The fourth-order valence-corrected chi connectivity index (χ4v) is 4.10. The lowest BCUT2D eigenvalue weighted by Gasteiger charge is -2.34. The van der Waals surface area contributed by atoms with E-state index >= 15 is 0 Å². The molecule has 28 heavy (non-hydrogen) atoms. The summed E-state index contributed by atoms with van der Waals surface area (Å²) in [5, 5.41) is 5.33. The molecule has 0 spiro atoms. The molecule has 2 saturated heterocycles. The van der Waals surface area contributed by atoms with Crippen LogP contribution in [0.25, 0.3) is 0 Å². The van der Waals surface area contributed by atoms with Crippen LogP contribution in [0.2, 0.25) is 0 Å². The van der Waals surface area contributed by atoms with Crippen LogP contribution >= 0.6 is 0 Å². The summed E-state index contributed by atoms with van der Waals surface area (Å²) in [6, 6.07) is 3.74. The number of piperazine rings is 1. The molecule has 2 fully saturated rings. The van der Waals surface area contributed by atoms with Crippen LogP contribution in [0.3, 0.4) is 0 Å². The maximum Gasteiger partial charge on any atom is 0.262 e. The van der Waals surface area contributed by atoms with Crippen molar-refractivity contribution in [1.29, 1.82) is 0 Å². The first-order valence-corrected chi connectivity index (χ1v) is 9.35. The van der Waals surface area contributed by atoms with Gasteiger partial charge < -0.3 is 5.32 Å². The molecule has 0 bridgehead atoms. The van der Waals surface area contributed by atoms with E-state index in [9.17, 15) is 23.6 Å². The van der Waals surface area contributed by atoms with E-state index in [2.05, 4.69) is 10.6 Å². The number of halogens is 1. The molecule has 0 saturated carbocycles. The smallest absolute Gasteiger partial charge is 0.262 e. The van der Waals surface area contributed by atoms with Gasteiger partial charge in [0.05, 0.1) is 17.2 Å². The van der Waals surface area contributed by atoms with Gasteiger partial charge in [-0.15, -0.1) is 0 Å². The largest absolute Gasteiger partial charge is 0.314 e. The Hall–Kier alpha value is -2.65. The molecule has 2 N–H and O–H groups in total. The third-order valence-electron chi connectivity index (χ3n) is 5.58. The molecule has 9 heteroatoms. The van der Waals surface area contributed by atoms with Gasteiger partial charge in [-0.1, -0.05) is 12.1 Å². The summed E-state index contributed by atoms with van der Waals surface area (Å²) in [7, 11) is 0. The standard InChI is InChI=1S/C19H21FN4O4/c20-8-12-9-21-6-7-23(12)10-11-2-1-3-13-16(11)19(28)24(18(13)27)14-4-5-15(25)22-17(14)26/h1-3,12,14,21H,4-10H2,(H,22,25,26). The van der Waals surface area contributed by atoms with Crippen LogP contribution in [-0.2, 0) is 16.1 Å². The first-order valence-electron chi connectivity index (χ1n) is 9.35. The van der Waals surface area contributed by atoms with Gasteiger partial charge in [-0.05, 0) is 18.1 Å². The molecule has 148 valence electrons. The number of amides is 4. The molecule has 1 aromatic rings. The van der Waals surface area contributed by atoms with Gasteiger partial charge >= 0.3 is 0 Å². The summed E-state index contributed by atoms with van der Waals surface area (Å²) in [5.74, 6) is -2.10. The number of nitrogens with zero attached hydrogens (tertiary/aromatic N) is 2. The minimum absolute atomic E-state index is 0.0790. The highest BCUT2D eigenvalue weighted by Crippen LogP contribution is 2.30. The number of piperidine rings is 1. The maximum absolute atomic E-state index is 13.3. The number of alkyl halides is 1. The van der Waals surface area contributed by atoms with Crippen molar-refractivity contribution in [3.8, 4) is 0 Å². The Kier molecular flexibility index (Phi) is 4.94. The summed E-state index contributed by atoms with van der Waals surface area (Å²) >= 11 is 0. The maximum atomic E-state index is 13.3. The highest BCUT2D eigenvalue weighted by atomic mass is 19.1. The van der Waals surface area contributed by atoms with Crippen LogP contribution in [0.5, 0.6) is 0 Å². The van der Waals surface area contributed by atoms with Crippen molar-refractivity contribution < 1.29 is 23.6 Å². The molecule has 3 aliphatic rings. The number of carbonyl (C=O) groups excluding carboxylic acids is 4. The molecule has 4 amide bonds. The average Bonchev–Trinajstić information content (AvgIpc) is 2.94. The van der Waals surface area contributed by atoms with Crippen molar-refractivity contribution in [2.24, 2.45) is 0 Å². The van der Waals surface area contributed by atoms with Crippen LogP contribution in [0.4, 0.5) is 4.39 Å². The fraction of sp³-hybridized carbons (Fsp3) is 0.474. The van der Waals surface area contributed by atoms with E-state index in [1.54, 1.807) is 18.2 Å². The van der Waals surface area contributed by atoms with Crippen molar-refractivity contribution in [2.75, 3.05) is 26.3 Å². The van der Waals surface area contributed by atoms with E-state index in [4.69, 9.17) is 0 Å². The van der Waals surface area contributed by atoms with Crippen LogP contribution in [-0.4, -0.2) is 71.8 Å². The van der Waals surface area contributed by atoms with Gasteiger partial charge in [0.25, 0.3) is 11.8 Å². The topological polar surface area (TPSA) is 98.8 Å². The third kappa shape index (κ3) is 3.10. The van der Waals surface area contributed by atoms with Crippen molar-refractivity contribution in [1.82, 2.24) is 20.4 Å². The van der Waals surface area contributed by atoms with E-state index in [-0.39, 0.29) is 30.0 Å². The van der Waals surface area contributed by atoms with Crippen LogP contribution in [0.1, 0.15) is 39.1 Å². The Bertz CT molecular complexity index is 858. The molecular formula is C19H21FN4O4. The summed E-state index contributed by atoms with van der Waals surface area (Å²) < 4.78 is 13.3. The van der Waals surface area contributed by atoms with Gasteiger partial charge in [-0.25, -0.2) is 4.39 Å². The lowest BCUT2D eigenvalue weighted by Crippen LogP contribution is -2.54. The van der Waals surface area contributed by atoms with Crippen molar-refractivity contribution in [2.45, 2.75) is 31.5 Å². The summed E-state index contributed by atoms with van der Waals surface area (Å²) in [6.45, 7) is 1.73. The second kappa shape index (κ2) is 7.40.